The number of rotatable bonds is 4. The van der Waals surface area contributed by atoms with Crippen molar-refractivity contribution in [1.82, 2.24) is 9.38 Å². The quantitative estimate of drug-likeness (QED) is 0.723. The summed E-state index contributed by atoms with van der Waals surface area (Å²) < 4.78 is 1.69. The van der Waals surface area contributed by atoms with Crippen LogP contribution in [-0.2, 0) is 0 Å². The minimum atomic E-state index is -0.411. The Morgan fingerprint density at radius 3 is 2.58 bits per heavy atom. The van der Waals surface area contributed by atoms with Gasteiger partial charge in [-0.3, -0.25) is 9.59 Å². The monoisotopic (exact) mass is 323 g/mol. The Bertz CT molecular complexity index is 928. The Balaban J connectivity index is 1.87. The Labute approximate surface area is 138 Å². The number of aromatic nitrogens is 2. The molecule has 0 saturated heterocycles. The van der Waals surface area contributed by atoms with Gasteiger partial charge in [0.1, 0.15) is 17.1 Å². The summed E-state index contributed by atoms with van der Waals surface area (Å²) in [7, 11) is 0. The smallest absolute Gasteiger partial charge is 0.259 e. The molecule has 3 rings (SSSR count). The lowest BCUT2D eigenvalue weighted by molar-refractivity contribution is 0.0934. The molecule has 2 heterocycles. The van der Waals surface area contributed by atoms with Crippen molar-refractivity contribution >= 4 is 23.0 Å². The summed E-state index contributed by atoms with van der Waals surface area (Å²) in [4.78, 5) is 28.5. The Morgan fingerprint density at radius 2 is 1.88 bits per heavy atom. The number of imidazole rings is 1. The zero-order valence-corrected chi connectivity index (χ0v) is 13.4. The van der Waals surface area contributed by atoms with Gasteiger partial charge in [0.05, 0.1) is 11.3 Å². The van der Waals surface area contributed by atoms with Gasteiger partial charge in [-0.1, -0.05) is 26.0 Å². The molecule has 24 heavy (non-hydrogen) atoms. The highest BCUT2D eigenvalue weighted by Gasteiger charge is 2.15. The van der Waals surface area contributed by atoms with E-state index in [9.17, 15) is 14.7 Å². The summed E-state index contributed by atoms with van der Waals surface area (Å²) in [5, 5.41) is 12.5. The number of phenolic OH excluding ortho intramolecular Hbond substituents is 1. The van der Waals surface area contributed by atoms with E-state index in [4.69, 9.17) is 0 Å². The van der Waals surface area contributed by atoms with Crippen molar-refractivity contribution in [2.45, 2.75) is 13.8 Å². The zero-order valence-electron chi connectivity index (χ0n) is 13.4. The van der Waals surface area contributed by atoms with E-state index in [0.29, 0.717) is 17.0 Å². The first-order valence-electron chi connectivity index (χ1n) is 7.58. The summed E-state index contributed by atoms with van der Waals surface area (Å²) in [6, 6.07) is 9.74. The molecule has 0 aliphatic heterocycles. The topological polar surface area (TPSA) is 83.7 Å². The number of Topliss-reactive ketones (excluding diaryl/α,β-unsaturated/α-hetero) is 1. The second-order valence-electron chi connectivity index (χ2n) is 5.80. The maximum Gasteiger partial charge on any atom is 0.259 e. The van der Waals surface area contributed by atoms with E-state index in [1.165, 1.54) is 6.07 Å². The van der Waals surface area contributed by atoms with Crippen molar-refractivity contribution in [3.8, 4) is 5.75 Å². The second-order valence-corrected chi connectivity index (χ2v) is 5.80. The van der Waals surface area contributed by atoms with E-state index in [2.05, 4.69) is 10.3 Å². The molecule has 2 N–H and O–H groups in total. The predicted octanol–water partition coefficient (Wildman–Crippen LogP) is 3.13. The first-order chi connectivity index (χ1) is 11.5. The fraction of sp³-hybridized carbons (Fsp3) is 0.167. The van der Waals surface area contributed by atoms with Crippen molar-refractivity contribution in [2.24, 2.45) is 5.92 Å². The predicted molar refractivity (Wildman–Crippen MR) is 90.4 cm³/mol. The number of ketones is 1. The lowest BCUT2D eigenvalue weighted by atomic mass is 10.1. The van der Waals surface area contributed by atoms with Crippen LogP contribution in [0.5, 0.6) is 5.75 Å². The number of pyridine rings is 1. The number of anilines is 1. The highest BCUT2D eigenvalue weighted by atomic mass is 16.3. The van der Waals surface area contributed by atoms with Crippen molar-refractivity contribution in [3.63, 3.8) is 0 Å². The molecule has 0 spiro atoms. The first kappa shape index (κ1) is 15.7. The van der Waals surface area contributed by atoms with Crippen molar-refractivity contribution in [3.05, 3.63) is 60.0 Å². The molecule has 0 saturated carbocycles. The van der Waals surface area contributed by atoms with Crippen LogP contribution in [0.25, 0.3) is 5.65 Å². The number of amides is 1. The van der Waals surface area contributed by atoms with E-state index < -0.39 is 5.91 Å². The van der Waals surface area contributed by atoms with Crippen molar-refractivity contribution < 1.29 is 14.7 Å². The largest absolute Gasteiger partial charge is 0.507 e. The average molecular weight is 323 g/mol. The van der Waals surface area contributed by atoms with E-state index in [0.717, 1.165) is 0 Å². The molecule has 122 valence electrons. The highest BCUT2D eigenvalue weighted by Crippen LogP contribution is 2.19. The molecule has 0 bridgehead atoms. The Morgan fingerprint density at radius 1 is 1.12 bits per heavy atom. The van der Waals surface area contributed by atoms with E-state index in [1.54, 1.807) is 47.1 Å². The highest BCUT2D eigenvalue weighted by molar-refractivity contribution is 6.06. The molecule has 0 unspecified atom stereocenters. The molecule has 1 amide bonds. The summed E-state index contributed by atoms with van der Waals surface area (Å²) in [6.07, 6.45) is 3.32. The van der Waals surface area contributed by atoms with Crippen LogP contribution in [0.2, 0.25) is 0 Å². The van der Waals surface area contributed by atoms with Gasteiger partial charge in [0.15, 0.2) is 5.78 Å². The lowest BCUT2D eigenvalue weighted by Crippen LogP contribution is -2.12. The summed E-state index contributed by atoms with van der Waals surface area (Å²) >= 11 is 0. The molecular formula is C18H17N3O3. The van der Waals surface area contributed by atoms with Crippen LogP contribution < -0.4 is 5.32 Å². The van der Waals surface area contributed by atoms with Crippen LogP contribution in [0.4, 0.5) is 5.69 Å². The molecule has 0 aliphatic rings. The van der Waals surface area contributed by atoms with Gasteiger partial charge in [0.2, 0.25) is 0 Å². The molecule has 0 aliphatic carbocycles. The number of para-hydroxylation sites is 1. The van der Waals surface area contributed by atoms with Crippen molar-refractivity contribution in [1.29, 1.82) is 0 Å². The SMILES string of the molecule is CC(C)C(=O)c1cn2cc(NC(=O)c3ccccc3O)ccc2n1. The summed E-state index contributed by atoms with van der Waals surface area (Å²) in [5.74, 6) is -0.650. The number of hydrogen-bond acceptors (Lipinski definition) is 4. The zero-order chi connectivity index (χ0) is 17.3. The van der Waals surface area contributed by atoms with E-state index in [-0.39, 0.29) is 23.0 Å². The molecule has 6 nitrogen and oxygen atoms in total. The number of fused-ring (bicyclic) bond motifs is 1. The van der Waals surface area contributed by atoms with Gasteiger partial charge in [-0.05, 0) is 24.3 Å². The van der Waals surface area contributed by atoms with Crippen LogP contribution >= 0.6 is 0 Å². The van der Waals surface area contributed by atoms with E-state index >= 15 is 0 Å². The Kier molecular flexibility index (Phi) is 4.04. The summed E-state index contributed by atoms with van der Waals surface area (Å²) in [6.45, 7) is 3.65. The number of aromatic hydroxyl groups is 1. The minimum absolute atomic E-state index is 0.0292. The molecule has 3 aromatic rings. The molecule has 6 heteroatoms. The van der Waals surface area contributed by atoms with Gasteiger partial charge in [-0.2, -0.15) is 0 Å². The normalized spacial score (nSPS) is 11.0. The number of carbonyl (C=O) groups excluding carboxylic acids is 2. The number of benzene rings is 1. The van der Waals surface area contributed by atoms with Gasteiger partial charge in [-0.15, -0.1) is 0 Å². The third-order valence-corrected chi connectivity index (χ3v) is 3.63. The maximum atomic E-state index is 12.2. The van der Waals surface area contributed by atoms with Gasteiger partial charge in [0.25, 0.3) is 5.91 Å². The van der Waals surface area contributed by atoms with Gasteiger partial charge in [-0.25, -0.2) is 4.98 Å². The molecule has 1 aromatic carbocycles. The van der Waals surface area contributed by atoms with Crippen LogP contribution in [0.15, 0.2) is 48.8 Å². The van der Waals surface area contributed by atoms with Gasteiger partial charge >= 0.3 is 0 Å². The number of hydrogen-bond donors (Lipinski definition) is 2. The van der Waals surface area contributed by atoms with Gasteiger partial charge in [0, 0.05) is 18.3 Å². The molecule has 0 atom stereocenters. The molecular weight excluding hydrogens is 306 g/mol. The average Bonchev–Trinajstić information content (AvgIpc) is 2.97. The minimum Gasteiger partial charge on any atom is -0.507 e. The maximum absolute atomic E-state index is 12.2. The number of phenols is 1. The third kappa shape index (κ3) is 2.99. The third-order valence-electron chi connectivity index (χ3n) is 3.63. The van der Waals surface area contributed by atoms with E-state index in [1.807, 2.05) is 13.8 Å². The van der Waals surface area contributed by atoms with Gasteiger partial charge < -0.3 is 14.8 Å². The standard InChI is InChI=1S/C18H17N3O3/c1-11(2)17(23)14-10-21-9-12(7-8-16(21)20-14)19-18(24)13-5-3-4-6-15(13)22/h3-11,22H,1-2H3,(H,19,24). The van der Waals surface area contributed by atoms with Crippen LogP contribution in [0.3, 0.4) is 0 Å². The summed E-state index contributed by atoms with van der Waals surface area (Å²) in [5.41, 5.74) is 1.75. The van der Waals surface area contributed by atoms with Crippen LogP contribution in [0.1, 0.15) is 34.7 Å². The van der Waals surface area contributed by atoms with Crippen LogP contribution in [-0.4, -0.2) is 26.2 Å². The Hall–Kier alpha value is -3.15. The lowest BCUT2D eigenvalue weighted by Gasteiger charge is -2.07. The van der Waals surface area contributed by atoms with Crippen molar-refractivity contribution in [2.75, 3.05) is 5.32 Å². The number of nitrogens with one attached hydrogen (secondary N) is 1. The molecule has 2 aromatic heterocycles. The first-order valence-corrected chi connectivity index (χ1v) is 7.58. The fourth-order valence-electron chi connectivity index (χ4n) is 2.34. The fourth-order valence-corrected chi connectivity index (χ4v) is 2.34. The number of nitrogens with zero attached hydrogens (tertiary/aromatic N) is 2. The van der Waals surface area contributed by atoms with Crippen LogP contribution in [0, 0.1) is 5.92 Å². The molecule has 0 radical (unpaired) electrons. The second kappa shape index (κ2) is 6.16. The molecule has 0 fully saturated rings. The number of carbonyl (C=O) groups is 2.